The van der Waals surface area contributed by atoms with Crippen molar-refractivity contribution < 1.29 is 13.9 Å². The SMILES string of the molecule is CC1OCCC1CNC(=O)c1cccc(Br)c1F. The van der Waals surface area contributed by atoms with Gasteiger partial charge in [0.25, 0.3) is 5.91 Å². The minimum absolute atomic E-state index is 0.0657. The van der Waals surface area contributed by atoms with Crippen molar-refractivity contribution in [2.24, 2.45) is 5.92 Å². The van der Waals surface area contributed by atoms with Gasteiger partial charge in [-0.2, -0.15) is 0 Å². The Hall–Kier alpha value is -0.940. The number of hydrogen-bond donors (Lipinski definition) is 1. The summed E-state index contributed by atoms with van der Waals surface area (Å²) in [5, 5.41) is 2.76. The van der Waals surface area contributed by atoms with Crippen LogP contribution >= 0.6 is 15.9 Å². The highest BCUT2D eigenvalue weighted by Gasteiger charge is 2.25. The van der Waals surface area contributed by atoms with Crippen LogP contribution in [0.1, 0.15) is 23.7 Å². The molecule has 1 heterocycles. The standard InChI is InChI=1S/C13H15BrFNO2/c1-8-9(5-6-18-8)7-16-13(17)10-3-2-4-11(14)12(10)15/h2-4,8-9H,5-7H2,1H3,(H,16,17). The van der Waals surface area contributed by atoms with Crippen molar-refractivity contribution in [2.75, 3.05) is 13.2 Å². The van der Waals surface area contributed by atoms with Gasteiger partial charge in [-0.1, -0.05) is 6.07 Å². The summed E-state index contributed by atoms with van der Waals surface area (Å²) < 4.78 is 19.4. The molecular weight excluding hydrogens is 301 g/mol. The first-order valence-corrected chi connectivity index (χ1v) is 6.72. The fourth-order valence-corrected chi connectivity index (χ4v) is 2.41. The molecule has 2 atom stereocenters. The van der Waals surface area contributed by atoms with E-state index in [2.05, 4.69) is 21.2 Å². The third-order valence-corrected chi connectivity index (χ3v) is 3.87. The summed E-state index contributed by atoms with van der Waals surface area (Å²) >= 11 is 3.07. The van der Waals surface area contributed by atoms with Crippen LogP contribution in [0.15, 0.2) is 22.7 Å². The van der Waals surface area contributed by atoms with Gasteiger partial charge >= 0.3 is 0 Å². The number of ether oxygens (including phenoxy) is 1. The molecule has 1 fully saturated rings. The summed E-state index contributed by atoms with van der Waals surface area (Å²) in [6.45, 7) is 3.24. The summed E-state index contributed by atoms with van der Waals surface area (Å²) in [5.74, 6) is -0.595. The van der Waals surface area contributed by atoms with E-state index in [-0.39, 0.29) is 17.6 Å². The largest absolute Gasteiger partial charge is 0.378 e. The number of carbonyl (C=O) groups is 1. The summed E-state index contributed by atoms with van der Waals surface area (Å²) in [4.78, 5) is 11.9. The Morgan fingerprint density at radius 3 is 3.06 bits per heavy atom. The Morgan fingerprint density at radius 2 is 2.39 bits per heavy atom. The molecule has 2 rings (SSSR count). The van der Waals surface area contributed by atoms with Gasteiger partial charge in [-0.15, -0.1) is 0 Å². The first kappa shape index (κ1) is 13.5. The molecule has 18 heavy (non-hydrogen) atoms. The molecule has 0 aliphatic carbocycles. The van der Waals surface area contributed by atoms with Crippen LogP contribution in [0.3, 0.4) is 0 Å². The maximum Gasteiger partial charge on any atom is 0.254 e. The molecule has 0 radical (unpaired) electrons. The van der Waals surface area contributed by atoms with Gasteiger partial charge in [0.05, 0.1) is 16.1 Å². The molecule has 2 unspecified atom stereocenters. The van der Waals surface area contributed by atoms with E-state index in [1.54, 1.807) is 12.1 Å². The van der Waals surface area contributed by atoms with E-state index in [1.807, 2.05) is 6.92 Å². The Kier molecular flexibility index (Phi) is 4.35. The molecule has 1 aromatic rings. The van der Waals surface area contributed by atoms with Crippen LogP contribution < -0.4 is 5.32 Å². The van der Waals surface area contributed by atoms with E-state index in [1.165, 1.54) is 6.07 Å². The van der Waals surface area contributed by atoms with Gasteiger partial charge in [0.1, 0.15) is 5.82 Å². The molecule has 1 N–H and O–H groups in total. The number of rotatable bonds is 3. The Balaban J connectivity index is 1.97. The van der Waals surface area contributed by atoms with Crippen LogP contribution in [-0.2, 0) is 4.74 Å². The molecule has 0 saturated carbocycles. The maximum atomic E-state index is 13.7. The summed E-state index contributed by atoms with van der Waals surface area (Å²) in [5.41, 5.74) is 0.0657. The van der Waals surface area contributed by atoms with E-state index in [0.29, 0.717) is 16.9 Å². The molecular formula is C13H15BrFNO2. The fourth-order valence-electron chi connectivity index (χ4n) is 2.04. The van der Waals surface area contributed by atoms with Crippen LogP contribution in [0.4, 0.5) is 4.39 Å². The second-order valence-electron chi connectivity index (χ2n) is 4.44. The molecule has 1 aromatic carbocycles. The van der Waals surface area contributed by atoms with Crippen LogP contribution in [0.2, 0.25) is 0 Å². The summed E-state index contributed by atoms with van der Waals surface area (Å²) in [7, 11) is 0. The minimum atomic E-state index is -0.522. The van der Waals surface area contributed by atoms with Gasteiger partial charge in [0.2, 0.25) is 0 Å². The van der Waals surface area contributed by atoms with E-state index in [9.17, 15) is 9.18 Å². The van der Waals surface area contributed by atoms with E-state index in [4.69, 9.17) is 4.74 Å². The topological polar surface area (TPSA) is 38.3 Å². The summed E-state index contributed by atoms with van der Waals surface area (Å²) in [6.07, 6.45) is 1.08. The molecule has 0 spiro atoms. The Bertz CT molecular complexity index is 453. The van der Waals surface area contributed by atoms with Gasteiger partial charge in [-0.05, 0) is 41.4 Å². The average Bonchev–Trinajstić information content (AvgIpc) is 2.75. The minimum Gasteiger partial charge on any atom is -0.378 e. The van der Waals surface area contributed by atoms with Crippen LogP contribution in [0.5, 0.6) is 0 Å². The number of halogens is 2. The number of benzene rings is 1. The molecule has 3 nitrogen and oxygen atoms in total. The molecule has 1 aliphatic heterocycles. The van der Waals surface area contributed by atoms with Crippen LogP contribution in [0, 0.1) is 11.7 Å². The number of nitrogens with one attached hydrogen (secondary N) is 1. The average molecular weight is 316 g/mol. The highest BCUT2D eigenvalue weighted by atomic mass is 79.9. The van der Waals surface area contributed by atoms with E-state index in [0.717, 1.165) is 13.0 Å². The Labute approximate surface area is 114 Å². The lowest BCUT2D eigenvalue weighted by molar-refractivity contribution is 0.0904. The van der Waals surface area contributed by atoms with Crippen molar-refractivity contribution in [3.8, 4) is 0 Å². The van der Waals surface area contributed by atoms with Crippen LogP contribution in [-0.4, -0.2) is 25.2 Å². The third-order valence-electron chi connectivity index (χ3n) is 3.25. The number of hydrogen-bond acceptors (Lipinski definition) is 2. The molecule has 0 aromatic heterocycles. The predicted molar refractivity (Wildman–Crippen MR) is 70.0 cm³/mol. The highest BCUT2D eigenvalue weighted by Crippen LogP contribution is 2.21. The third kappa shape index (κ3) is 2.90. The van der Waals surface area contributed by atoms with Gasteiger partial charge in [0, 0.05) is 19.1 Å². The van der Waals surface area contributed by atoms with E-state index >= 15 is 0 Å². The normalized spacial score (nSPS) is 23.1. The first-order chi connectivity index (χ1) is 8.59. The van der Waals surface area contributed by atoms with Crippen molar-refractivity contribution in [3.05, 3.63) is 34.1 Å². The molecule has 1 amide bonds. The lowest BCUT2D eigenvalue weighted by Crippen LogP contribution is -2.32. The van der Waals surface area contributed by atoms with Crippen molar-refractivity contribution >= 4 is 21.8 Å². The van der Waals surface area contributed by atoms with Crippen molar-refractivity contribution in [2.45, 2.75) is 19.4 Å². The van der Waals surface area contributed by atoms with Gasteiger partial charge in [-0.3, -0.25) is 4.79 Å². The number of carbonyl (C=O) groups excluding carboxylic acids is 1. The molecule has 0 bridgehead atoms. The van der Waals surface area contributed by atoms with Crippen molar-refractivity contribution in [1.82, 2.24) is 5.32 Å². The monoisotopic (exact) mass is 315 g/mol. The molecule has 1 saturated heterocycles. The zero-order valence-electron chi connectivity index (χ0n) is 10.1. The second-order valence-corrected chi connectivity index (χ2v) is 5.29. The van der Waals surface area contributed by atoms with Crippen molar-refractivity contribution in [1.29, 1.82) is 0 Å². The van der Waals surface area contributed by atoms with E-state index < -0.39 is 5.82 Å². The van der Waals surface area contributed by atoms with Crippen molar-refractivity contribution in [3.63, 3.8) is 0 Å². The highest BCUT2D eigenvalue weighted by molar-refractivity contribution is 9.10. The smallest absolute Gasteiger partial charge is 0.254 e. The molecule has 5 heteroatoms. The maximum absolute atomic E-state index is 13.7. The van der Waals surface area contributed by atoms with Gasteiger partial charge < -0.3 is 10.1 Å². The zero-order valence-corrected chi connectivity index (χ0v) is 11.7. The van der Waals surface area contributed by atoms with Gasteiger partial charge in [0.15, 0.2) is 0 Å². The first-order valence-electron chi connectivity index (χ1n) is 5.93. The molecule has 1 aliphatic rings. The lowest BCUT2D eigenvalue weighted by atomic mass is 10.0. The molecule has 98 valence electrons. The number of amides is 1. The zero-order chi connectivity index (χ0) is 13.1. The quantitative estimate of drug-likeness (QED) is 0.931. The summed E-state index contributed by atoms with van der Waals surface area (Å²) in [6, 6.07) is 4.69. The van der Waals surface area contributed by atoms with Crippen LogP contribution in [0.25, 0.3) is 0 Å². The lowest BCUT2D eigenvalue weighted by Gasteiger charge is -2.15. The van der Waals surface area contributed by atoms with Gasteiger partial charge in [-0.25, -0.2) is 4.39 Å². The second kappa shape index (κ2) is 5.80. The Morgan fingerprint density at radius 1 is 1.61 bits per heavy atom. The fraction of sp³-hybridized carbons (Fsp3) is 0.462. The predicted octanol–water partition coefficient (Wildman–Crippen LogP) is 2.74.